The van der Waals surface area contributed by atoms with Gasteiger partial charge >= 0.3 is 0 Å². The Hall–Kier alpha value is -2.47. The first-order chi connectivity index (χ1) is 12.0. The van der Waals surface area contributed by atoms with Crippen molar-refractivity contribution >= 4 is 10.9 Å². The predicted molar refractivity (Wildman–Crippen MR) is 95.4 cm³/mol. The standard InChI is InChI=1S/C19H22N4O2/c1-12-6-8-15(9-7-12)16-5-4-10-22(16)11-23-19(24)18-17(13(2)20-23)14(3)25-21-18/h6-9,16H,4-5,10-11H2,1-3H3/t16-/m1/s1. The molecule has 1 aliphatic rings. The van der Waals surface area contributed by atoms with Crippen molar-refractivity contribution in [2.75, 3.05) is 6.54 Å². The van der Waals surface area contributed by atoms with E-state index >= 15 is 0 Å². The molecule has 0 aliphatic carbocycles. The van der Waals surface area contributed by atoms with Crippen LogP contribution in [0, 0.1) is 20.8 Å². The lowest BCUT2D eigenvalue weighted by Gasteiger charge is -2.25. The third kappa shape index (κ3) is 2.76. The molecule has 25 heavy (non-hydrogen) atoms. The monoisotopic (exact) mass is 338 g/mol. The molecule has 1 aliphatic heterocycles. The Morgan fingerprint density at radius 3 is 2.72 bits per heavy atom. The largest absolute Gasteiger partial charge is 0.360 e. The molecule has 2 aromatic heterocycles. The van der Waals surface area contributed by atoms with E-state index in [-0.39, 0.29) is 5.56 Å². The summed E-state index contributed by atoms with van der Waals surface area (Å²) in [5.41, 5.74) is 3.52. The minimum Gasteiger partial charge on any atom is -0.360 e. The number of fused-ring (bicyclic) bond motifs is 1. The van der Waals surface area contributed by atoms with E-state index in [1.165, 1.54) is 15.8 Å². The molecule has 0 spiro atoms. The topological polar surface area (TPSA) is 64.2 Å². The molecule has 0 amide bonds. The van der Waals surface area contributed by atoms with Crippen molar-refractivity contribution in [1.82, 2.24) is 19.8 Å². The Morgan fingerprint density at radius 1 is 1.20 bits per heavy atom. The molecular formula is C19H22N4O2. The predicted octanol–water partition coefficient (Wildman–Crippen LogP) is 3.10. The molecule has 0 N–H and O–H groups in total. The van der Waals surface area contributed by atoms with Gasteiger partial charge in [0.2, 0.25) is 0 Å². The smallest absolute Gasteiger partial charge is 0.298 e. The Morgan fingerprint density at radius 2 is 1.96 bits per heavy atom. The Bertz CT molecular complexity index is 971. The van der Waals surface area contributed by atoms with Crippen LogP contribution in [0.5, 0.6) is 0 Å². The number of hydrogen-bond donors (Lipinski definition) is 0. The summed E-state index contributed by atoms with van der Waals surface area (Å²) in [6, 6.07) is 8.98. The Balaban J connectivity index is 1.67. The molecule has 1 fully saturated rings. The van der Waals surface area contributed by atoms with E-state index in [0.717, 1.165) is 30.5 Å². The fourth-order valence-electron chi connectivity index (χ4n) is 3.77. The van der Waals surface area contributed by atoms with E-state index in [0.29, 0.717) is 24.0 Å². The second-order valence-corrected chi connectivity index (χ2v) is 6.87. The van der Waals surface area contributed by atoms with Gasteiger partial charge in [-0.1, -0.05) is 35.0 Å². The normalized spacial score (nSPS) is 18.3. The van der Waals surface area contributed by atoms with Crippen LogP contribution in [0.25, 0.3) is 10.9 Å². The van der Waals surface area contributed by atoms with Crippen LogP contribution in [0.3, 0.4) is 0 Å². The molecule has 1 saturated heterocycles. The highest BCUT2D eigenvalue weighted by Gasteiger charge is 2.27. The van der Waals surface area contributed by atoms with E-state index in [4.69, 9.17) is 4.52 Å². The fourth-order valence-corrected chi connectivity index (χ4v) is 3.77. The molecule has 6 heteroatoms. The number of nitrogens with zero attached hydrogens (tertiary/aromatic N) is 4. The molecule has 0 saturated carbocycles. The number of aromatic nitrogens is 3. The zero-order valence-corrected chi connectivity index (χ0v) is 14.8. The third-order valence-corrected chi connectivity index (χ3v) is 5.07. The van der Waals surface area contributed by atoms with Crippen LogP contribution in [-0.4, -0.2) is 26.4 Å². The van der Waals surface area contributed by atoms with Gasteiger partial charge in [-0.25, -0.2) is 4.68 Å². The minimum atomic E-state index is -0.188. The van der Waals surface area contributed by atoms with Gasteiger partial charge in [-0.3, -0.25) is 9.69 Å². The van der Waals surface area contributed by atoms with Crippen molar-refractivity contribution in [2.24, 2.45) is 0 Å². The molecule has 4 rings (SSSR count). The van der Waals surface area contributed by atoms with E-state index in [9.17, 15) is 4.79 Å². The quantitative estimate of drug-likeness (QED) is 0.734. The maximum Gasteiger partial charge on any atom is 0.298 e. The second kappa shape index (κ2) is 6.11. The van der Waals surface area contributed by atoms with Crippen molar-refractivity contribution in [3.8, 4) is 0 Å². The van der Waals surface area contributed by atoms with Gasteiger partial charge in [0.15, 0.2) is 5.52 Å². The van der Waals surface area contributed by atoms with Gasteiger partial charge in [0.25, 0.3) is 5.56 Å². The lowest BCUT2D eigenvalue weighted by atomic mass is 10.0. The zero-order valence-electron chi connectivity index (χ0n) is 14.8. The van der Waals surface area contributed by atoms with E-state index in [1.54, 1.807) is 0 Å². The summed E-state index contributed by atoms with van der Waals surface area (Å²) < 4.78 is 6.71. The summed E-state index contributed by atoms with van der Waals surface area (Å²) in [5, 5.41) is 9.17. The first-order valence-electron chi connectivity index (χ1n) is 8.69. The van der Waals surface area contributed by atoms with Gasteiger partial charge in [-0.2, -0.15) is 5.10 Å². The maximum absolute atomic E-state index is 12.7. The molecule has 3 heterocycles. The van der Waals surface area contributed by atoms with Crippen LogP contribution in [-0.2, 0) is 6.67 Å². The average Bonchev–Trinajstić information content (AvgIpc) is 3.20. The Labute approximate surface area is 146 Å². The Kier molecular flexibility index (Phi) is 3.92. The van der Waals surface area contributed by atoms with E-state index < -0.39 is 0 Å². The molecule has 0 unspecified atom stereocenters. The van der Waals surface area contributed by atoms with Gasteiger partial charge in [0.05, 0.1) is 17.7 Å². The SMILES string of the molecule is Cc1ccc([C@H]2CCCN2Cn2nc(C)c3c(C)onc3c2=O)cc1. The molecular weight excluding hydrogens is 316 g/mol. The molecule has 6 nitrogen and oxygen atoms in total. The van der Waals surface area contributed by atoms with Gasteiger partial charge in [-0.15, -0.1) is 0 Å². The van der Waals surface area contributed by atoms with Crippen molar-refractivity contribution in [3.05, 3.63) is 57.2 Å². The summed E-state index contributed by atoms with van der Waals surface area (Å²) >= 11 is 0. The molecule has 0 bridgehead atoms. The van der Waals surface area contributed by atoms with Crippen LogP contribution < -0.4 is 5.56 Å². The van der Waals surface area contributed by atoms with Crippen molar-refractivity contribution in [2.45, 2.75) is 46.3 Å². The van der Waals surface area contributed by atoms with Crippen LogP contribution in [0.1, 0.15) is 41.5 Å². The van der Waals surface area contributed by atoms with Crippen LogP contribution >= 0.6 is 0 Å². The number of hydrogen-bond acceptors (Lipinski definition) is 5. The van der Waals surface area contributed by atoms with Crippen LogP contribution in [0.4, 0.5) is 0 Å². The van der Waals surface area contributed by atoms with Crippen molar-refractivity contribution in [3.63, 3.8) is 0 Å². The number of aryl methyl sites for hydroxylation is 3. The molecule has 1 aromatic carbocycles. The van der Waals surface area contributed by atoms with Gasteiger partial charge in [-0.05, 0) is 39.2 Å². The van der Waals surface area contributed by atoms with Crippen LogP contribution in [0.2, 0.25) is 0 Å². The molecule has 130 valence electrons. The molecule has 1 atom stereocenters. The van der Waals surface area contributed by atoms with E-state index in [1.807, 2.05) is 13.8 Å². The summed E-state index contributed by atoms with van der Waals surface area (Å²) in [7, 11) is 0. The summed E-state index contributed by atoms with van der Waals surface area (Å²) in [5.74, 6) is 0.642. The summed E-state index contributed by atoms with van der Waals surface area (Å²) in [6.45, 7) is 7.23. The van der Waals surface area contributed by atoms with Gasteiger partial charge < -0.3 is 4.52 Å². The number of benzene rings is 1. The number of likely N-dealkylation sites (tertiary alicyclic amines) is 1. The third-order valence-electron chi connectivity index (χ3n) is 5.07. The zero-order chi connectivity index (χ0) is 17.6. The highest BCUT2D eigenvalue weighted by Crippen LogP contribution is 2.32. The van der Waals surface area contributed by atoms with Gasteiger partial charge in [0.1, 0.15) is 5.76 Å². The maximum atomic E-state index is 12.7. The molecule has 0 radical (unpaired) electrons. The average molecular weight is 338 g/mol. The highest BCUT2D eigenvalue weighted by molar-refractivity contribution is 5.81. The van der Waals surface area contributed by atoms with Gasteiger partial charge in [0, 0.05) is 12.6 Å². The van der Waals surface area contributed by atoms with Crippen LogP contribution in [0.15, 0.2) is 33.6 Å². The highest BCUT2D eigenvalue weighted by atomic mass is 16.5. The van der Waals surface area contributed by atoms with Crippen molar-refractivity contribution in [1.29, 1.82) is 0 Å². The lowest BCUT2D eigenvalue weighted by molar-refractivity contribution is 0.187. The second-order valence-electron chi connectivity index (χ2n) is 6.87. The number of rotatable bonds is 3. The fraction of sp³-hybridized carbons (Fsp3) is 0.421. The lowest BCUT2D eigenvalue weighted by Crippen LogP contribution is -2.34. The first kappa shape index (κ1) is 16.0. The first-order valence-corrected chi connectivity index (χ1v) is 8.69. The molecule has 3 aromatic rings. The van der Waals surface area contributed by atoms with E-state index in [2.05, 4.69) is 46.3 Å². The van der Waals surface area contributed by atoms with Crippen molar-refractivity contribution < 1.29 is 4.52 Å². The minimum absolute atomic E-state index is 0.188. The summed E-state index contributed by atoms with van der Waals surface area (Å²) in [6.07, 6.45) is 2.22. The summed E-state index contributed by atoms with van der Waals surface area (Å²) in [4.78, 5) is 15.0.